The van der Waals surface area contributed by atoms with Gasteiger partial charge in [-0.15, -0.1) is 0 Å². The average Bonchev–Trinajstić information content (AvgIpc) is 2.75. The summed E-state index contributed by atoms with van der Waals surface area (Å²) in [7, 11) is 0. The first-order valence-electron chi connectivity index (χ1n) is 7.88. The first-order chi connectivity index (χ1) is 10.1. The first kappa shape index (κ1) is 16.3. The molecule has 1 N–H and O–H groups in total. The summed E-state index contributed by atoms with van der Waals surface area (Å²) in [6, 6.07) is 7.72. The Hall–Kier alpha value is -1.06. The van der Waals surface area contributed by atoms with Crippen molar-refractivity contribution < 1.29 is 4.79 Å². The van der Waals surface area contributed by atoms with Crippen LogP contribution < -0.4 is 5.32 Å². The molecule has 1 aliphatic rings. The van der Waals surface area contributed by atoms with Gasteiger partial charge < -0.3 is 4.90 Å². The van der Waals surface area contributed by atoms with Gasteiger partial charge in [0.2, 0.25) is 5.91 Å². The minimum atomic E-state index is -0.169. The Labute approximate surface area is 132 Å². The Bertz CT molecular complexity index is 470. The van der Waals surface area contributed by atoms with Gasteiger partial charge in [0.05, 0.1) is 6.04 Å². The smallest absolute Gasteiger partial charge is 0.239 e. The maximum Gasteiger partial charge on any atom is 0.239 e. The molecular weight excluding hydrogens is 284 g/mol. The van der Waals surface area contributed by atoms with Crippen molar-refractivity contribution in [2.45, 2.75) is 51.6 Å². The van der Waals surface area contributed by atoms with Crippen molar-refractivity contribution in [1.29, 1.82) is 0 Å². The van der Waals surface area contributed by atoms with Crippen LogP contribution in [0.3, 0.4) is 0 Å². The van der Waals surface area contributed by atoms with Crippen LogP contribution in [0.25, 0.3) is 0 Å². The third kappa shape index (κ3) is 4.72. The third-order valence-electron chi connectivity index (χ3n) is 4.14. The summed E-state index contributed by atoms with van der Waals surface area (Å²) < 4.78 is 0. The molecular formula is C17H25ClN2O. The highest BCUT2D eigenvalue weighted by Crippen LogP contribution is 2.18. The predicted molar refractivity (Wildman–Crippen MR) is 87.5 cm³/mol. The standard InChI is InChI=1S/C17H25ClN2O/c1-13(15-8-7-9-16(18)12-15)19-14(2)17(21)20-10-5-3-4-6-11-20/h7-9,12-14,19H,3-6,10-11H2,1-2H3/t13-,14?/m0/s1. The van der Waals surface area contributed by atoms with Crippen molar-refractivity contribution >= 4 is 17.5 Å². The molecule has 0 aliphatic carbocycles. The summed E-state index contributed by atoms with van der Waals surface area (Å²) in [5.41, 5.74) is 1.11. The molecule has 1 aromatic rings. The lowest BCUT2D eigenvalue weighted by molar-refractivity contribution is -0.133. The van der Waals surface area contributed by atoms with Crippen LogP contribution in [0.1, 0.15) is 51.1 Å². The molecule has 3 nitrogen and oxygen atoms in total. The zero-order chi connectivity index (χ0) is 15.2. The topological polar surface area (TPSA) is 32.3 Å². The second kappa shape index (κ2) is 7.81. The molecule has 0 spiro atoms. The molecule has 1 aromatic carbocycles. The van der Waals surface area contributed by atoms with Crippen molar-refractivity contribution in [1.82, 2.24) is 10.2 Å². The fraction of sp³-hybridized carbons (Fsp3) is 0.588. The largest absolute Gasteiger partial charge is 0.341 e. The number of amides is 1. The number of carbonyl (C=O) groups excluding carboxylic acids is 1. The number of carbonyl (C=O) groups is 1. The van der Waals surface area contributed by atoms with Gasteiger partial charge in [0, 0.05) is 24.2 Å². The van der Waals surface area contributed by atoms with Crippen molar-refractivity contribution in [3.8, 4) is 0 Å². The van der Waals surface area contributed by atoms with Crippen LogP contribution >= 0.6 is 11.6 Å². The summed E-state index contributed by atoms with van der Waals surface area (Å²) in [6.07, 6.45) is 4.74. The van der Waals surface area contributed by atoms with Crippen LogP contribution in [0.2, 0.25) is 5.02 Å². The Kier molecular flexibility index (Phi) is 6.07. The van der Waals surface area contributed by atoms with Crippen LogP contribution in [0.4, 0.5) is 0 Å². The SMILES string of the molecule is CC(N[C@@H](C)c1cccc(Cl)c1)C(=O)N1CCCCCC1. The Morgan fingerprint density at radius 1 is 1.19 bits per heavy atom. The number of hydrogen-bond acceptors (Lipinski definition) is 2. The van der Waals surface area contributed by atoms with Gasteiger partial charge >= 0.3 is 0 Å². The molecule has 4 heteroatoms. The molecule has 1 amide bonds. The number of nitrogens with zero attached hydrogens (tertiary/aromatic N) is 1. The third-order valence-corrected chi connectivity index (χ3v) is 4.37. The van der Waals surface area contributed by atoms with E-state index in [4.69, 9.17) is 11.6 Å². The highest BCUT2D eigenvalue weighted by molar-refractivity contribution is 6.30. The van der Waals surface area contributed by atoms with Crippen LogP contribution in [0, 0.1) is 0 Å². The highest BCUT2D eigenvalue weighted by Gasteiger charge is 2.22. The molecule has 1 saturated heterocycles. The average molecular weight is 309 g/mol. The van der Waals surface area contributed by atoms with Crippen molar-refractivity contribution in [2.75, 3.05) is 13.1 Å². The van der Waals surface area contributed by atoms with E-state index in [-0.39, 0.29) is 18.0 Å². The zero-order valence-corrected chi connectivity index (χ0v) is 13.7. The lowest BCUT2D eigenvalue weighted by Crippen LogP contribution is -2.45. The molecule has 1 heterocycles. The van der Waals surface area contributed by atoms with E-state index in [1.54, 1.807) is 0 Å². The molecule has 0 radical (unpaired) electrons. The summed E-state index contributed by atoms with van der Waals surface area (Å²) in [5.74, 6) is 0.214. The molecule has 2 atom stereocenters. The highest BCUT2D eigenvalue weighted by atomic mass is 35.5. The van der Waals surface area contributed by atoms with E-state index >= 15 is 0 Å². The number of nitrogens with one attached hydrogen (secondary N) is 1. The second-order valence-corrected chi connectivity index (χ2v) is 6.34. The Morgan fingerprint density at radius 3 is 2.48 bits per heavy atom. The molecule has 0 saturated carbocycles. The van der Waals surface area contributed by atoms with E-state index < -0.39 is 0 Å². The number of benzene rings is 1. The monoisotopic (exact) mass is 308 g/mol. The van der Waals surface area contributed by atoms with E-state index in [0.717, 1.165) is 36.5 Å². The maximum atomic E-state index is 12.5. The predicted octanol–water partition coefficient (Wildman–Crippen LogP) is 3.78. The van der Waals surface area contributed by atoms with Gasteiger partial charge in [-0.3, -0.25) is 10.1 Å². The molecule has 0 aromatic heterocycles. The number of likely N-dealkylation sites (tertiary alicyclic amines) is 1. The molecule has 1 aliphatic heterocycles. The van der Waals surface area contributed by atoms with Gasteiger partial charge in [-0.2, -0.15) is 0 Å². The summed E-state index contributed by atoms with van der Waals surface area (Å²) in [4.78, 5) is 14.5. The molecule has 1 unspecified atom stereocenters. The van der Waals surface area contributed by atoms with E-state index in [1.165, 1.54) is 12.8 Å². The van der Waals surface area contributed by atoms with Crippen molar-refractivity contribution in [3.63, 3.8) is 0 Å². The molecule has 21 heavy (non-hydrogen) atoms. The number of hydrogen-bond donors (Lipinski definition) is 1. The van der Waals surface area contributed by atoms with E-state index in [1.807, 2.05) is 36.1 Å². The number of rotatable bonds is 4. The fourth-order valence-corrected chi connectivity index (χ4v) is 3.08. The van der Waals surface area contributed by atoms with Crippen LogP contribution in [-0.4, -0.2) is 29.9 Å². The summed E-state index contributed by atoms with van der Waals surface area (Å²) in [5, 5.41) is 4.12. The van der Waals surface area contributed by atoms with E-state index in [9.17, 15) is 4.79 Å². The molecule has 0 bridgehead atoms. The van der Waals surface area contributed by atoms with Crippen molar-refractivity contribution in [2.24, 2.45) is 0 Å². The Balaban J connectivity index is 1.93. The lowest BCUT2D eigenvalue weighted by Gasteiger charge is -2.27. The van der Waals surface area contributed by atoms with Gasteiger partial charge in [-0.25, -0.2) is 0 Å². The molecule has 116 valence electrons. The molecule has 1 fully saturated rings. The maximum absolute atomic E-state index is 12.5. The van der Waals surface area contributed by atoms with Gasteiger partial charge in [0.1, 0.15) is 0 Å². The van der Waals surface area contributed by atoms with Crippen LogP contribution in [0.5, 0.6) is 0 Å². The van der Waals surface area contributed by atoms with Crippen molar-refractivity contribution in [3.05, 3.63) is 34.9 Å². The van der Waals surface area contributed by atoms with Gasteiger partial charge in [0.25, 0.3) is 0 Å². The minimum absolute atomic E-state index is 0.106. The zero-order valence-electron chi connectivity index (χ0n) is 12.9. The summed E-state index contributed by atoms with van der Waals surface area (Å²) in [6.45, 7) is 5.82. The lowest BCUT2D eigenvalue weighted by atomic mass is 10.1. The molecule has 2 rings (SSSR count). The number of halogens is 1. The first-order valence-corrected chi connectivity index (χ1v) is 8.26. The van der Waals surface area contributed by atoms with Crippen LogP contribution in [0.15, 0.2) is 24.3 Å². The summed E-state index contributed by atoms with van der Waals surface area (Å²) >= 11 is 6.02. The normalized spacial score (nSPS) is 18.9. The Morgan fingerprint density at radius 2 is 1.86 bits per heavy atom. The minimum Gasteiger partial charge on any atom is -0.341 e. The van der Waals surface area contributed by atoms with Gasteiger partial charge in [0.15, 0.2) is 0 Å². The van der Waals surface area contributed by atoms with Gasteiger partial charge in [-0.05, 0) is 44.4 Å². The van der Waals surface area contributed by atoms with E-state index in [0.29, 0.717) is 0 Å². The quantitative estimate of drug-likeness (QED) is 0.918. The van der Waals surface area contributed by atoms with Crippen LogP contribution in [-0.2, 0) is 4.79 Å². The fourth-order valence-electron chi connectivity index (χ4n) is 2.88. The van der Waals surface area contributed by atoms with E-state index in [2.05, 4.69) is 12.2 Å². The second-order valence-electron chi connectivity index (χ2n) is 5.90. The van der Waals surface area contributed by atoms with Gasteiger partial charge in [-0.1, -0.05) is 36.6 Å².